The lowest BCUT2D eigenvalue weighted by molar-refractivity contribution is -0.113. The molecule has 0 unspecified atom stereocenters. The second kappa shape index (κ2) is 9.91. The van der Waals surface area contributed by atoms with E-state index < -0.39 is 6.04 Å². The van der Waals surface area contributed by atoms with Gasteiger partial charge in [-0.25, -0.2) is 4.99 Å². The highest BCUT2D eigenvalue weighted by molar-refractivity contribution is 7.07. The van der Waals surface area contributed by atoms with Gasteiger partial charge in [-0.3, -0.25) is 19.3 Å². The number of thiazole rings is 1. The molecule has 0 bridgehead atoms. The maximum Gasteiger partial charge on any atom is 0.271 e. The number of benzene rings is 3. The molecular formula is C30H23N5O2S. The first kappa shape index (κ1) is 23.6. The summed E-state index contributed by atoms with van der Waals surface area (Å²) in [5, 5.41) is 10.2. The molecular weight excluding hydrogens is 494 g/mol. The van der Waals surface area contributed by atoms with Crippen molar-refractivity contribution < 1.29 is 4.79 Å². The summed E-state index contributed by atoms with van der Waals surface area (Å²) in [4.78, 5) is 32.8. The minimum absolute atomic E-state index is 0.208. The van der Waals surface area contributed by atoms with Gasteiger partial charge in [-0.05, 0) is 30.7 Å². The molecule has 1 aliphatic heterocycles. The van der Waals surface area contributed by atoms with Gasteiger partial charge in [0.25, 0.3) is 11.5 Å². The molecule has 3 aromatic carbocycles. The summed E-state index contributed by atoms with van der Waals surface area (Å²) in [5.41, 5.74) is 4.92. The van der Waals surface area contributed by atoms with Crippen LogP contribution in [0, 0.1) is 0 Å². The number of allylic oxidation sites excluding steroid dienone is 1. The number of hydrogen-bond donors (Lipinski definition) is 2. The maximum absolute atomic E-state index is 13.9. The Morgan fingerprint density at radius 3 is 2.34 bits per heavy atom. The third-order valence-electron chi connectivity index (χ3n) is 6.43. The highest BCUT2D eigenvalue weighted by Gasteiger charge is 2.32. The molecule has 5 aromatic rings. The van der Waals surface area contributed by atoms with Crippen LogP contribution in [0.2, 0.25) is 0 Å². The summed E-state index contributed by atoms with van der Waals surface area (Å²) in [6.07, 6.45) is 3.54. The number of para-hydroxylation sites is 1. The van der Waals surface area contributed by atoms with Crippen LogP contribution < -0.4 is 20.2 Å². The summed E-state index contributed by atoms with van der Waals surface area (Å²) in [6, 6.07) is 28.1. The Bertz CT molecular complexity index is 1840. The quantitative estimate of drug-likeness (QED) is 0.365. The van der Waals surface area contributed by atoms with E-state index in [-0.39, 0.29) is 11.5 Å². The largest absolute Gasteiger partial charge is 0.322 e. The number of hydrogen-bond acceptors (Lipinski definition) is 5. The number of carbonyl (C=O) groups excluding carboxylic acids is 1. The highest BCUT2D eigenvalue weighted by Crippen LogP contribution is 2.30. The molecule has 6 rings (SSSR count). The molecule has 0 aliphatic carbocycles. The zero-order valence-corrected chi connectivity index (χ0v) is 21.3. The summed E-state index contributed by atoms with van der Waals surface area (Å²) in [6.45, 7) is 1.82. The lowest BCUT2D eigenvalue weighted by atomic mass is 9.95. The summed E-state index contributed by atoms with van der Waals surface area (Å²) in [7, 11) is 0. The first-order chi connectivity index (χ1) is 18.6. The smallest absolute Gasteiger partial charge is 0.271 e. The van der Waals surface area contributed by atoms with Crippen LogP contribution in [0.5, 0.6) is 0 Å². The predicted molar refractivity (Wildman–Crippen MR) is 149 cm³/mol. The van der Waals surface area contributed by atoms with E-state index in [4.69, 9.17) is 4.99 Å². The topological polar surface area (TPSA) is 92.1 Å². The fourth-order valence-electron chi connectivity index (χ4n) is 4.66. The van der Waals surface area contributed by atoms with E-state index in [2.05, 4.69) is 15.5 Å². The highest BCUT2D eigenvalue weighted by atomic mass is 32.1. The van der Waals surface area contributed by atoms with Gasteiger partial charge in [0.2, 0.25) is 0 Å². The van der Waals surface area contributed by atoms with E-state index in [0.29, 0.717) is 26.3 Å². The Hall–Kier alpha value is -4.82. The molecule has 186 valence electrons. The van der Waals surface area contributed by atoms with Gasteiger partial charge in [0, 0.05) is 16.8 Å². The van der Waals surface area contributed by atoms with Gasteiger partial charge in [0.1, 0.15) is 0 Å². The average molecular weight is 518 g/mol. The van der Waals surface area contributed by atoms with E-state index in [1.165, 1.54) is 11.3 Å². The number of amides is 1. The van der Waals surface area contributed by atoms with Crippen LogP contribution in [0.25, 0.3) is 17.3 Å². The Kier molecular flexibility index (Phi) is 6.15. The van der Waals surface area contributed by atoms with Crippen molar-refractivity contribution in [3.8, 4) is 11.3 Å². The van der Waals surface area contributed by atoms with E-state index in [0.717, 1.165) is 22.4 Å². The number of anilines is 1. The molecule has 3 heterocycles. The first-order valence-electron chi connectivity index (χ1n) is 12.1. The van der Waals surface area contributed by atoms with Crippen molar-refractivity contribution in [2.45, 2.75) is 13.0 Å². The van der Waals surface area contributed by atoms with Gasteiger partial charge in [-0.1, -0.05) is 90.2 Å². The van der Waals surface area contributed by atoms with Crippen LogP contribution in [0.3, 0.4) is 0 Å². The normalized spacial score (nSPS) is 15.2. The number of nitrogens with one attached hydrogen (secondary N) is 2. The second-order valence-corrected chi connectivity index (χ2v) is 9.89. The number of aromatic amines is 1. The van der Waals surface area contributed by atoms with Gasteiger partial charge < -0.3 is 5.32 Å². The zero-order chi connectivity index (χ0) is 26.1. The Morgan fingerprint density at radius 2 is 1.63 bits per heavy atom. The molecule has 7 nitrogen and oxygen atoms in total. The fourth-order valence-corrected chi connectivity index (χ4v) is 5.70. The fraction of sp³-hybridized carbons (Fsp3) is 0.0667. The third-order valence-corrected chi connectivity index (χ3v) is 7.41. The lowest BCUT2D eigenvalue weighted by Crippen LogP contribution is -2.40. The summed E-state index contributed by atoms with van der Waals surface area (Å²) >= 11 is 1.30. The number of H-pyrrole nitrogens is 1. The van der Waals surface area contributed by atoms with Gasteiger partial charge in [0.15, 0.2) is 4.80 Å². The standard InChI is InChI=1S/C30H23N5O2S/c1-19-25(28(36)33-23-15-9-4-10-16-23)27(21-13-7-3-8-14-21)35-29(37)24(38-30(35)32-19)17-22-18-31-34-26(22)20-11-5-2-6-12-20/h2-18,27H,1H3,(H,31,34)(H,33,36)/b24-17+/t27-/m0/s1. The average Bonchev–Trinajstić information content (AvgIpc) is 3.53. The van der Waals surface area contributed by atoms with Crippen LogP contribution in [-0.4, -0.2) is 20.7 Å². The SMILES string of the molecule is CC1=C(C(=O)Nc2ccccc2)[C@H](c2ccccc2)n2c(s/c(=C/c3cn[nH]c3-c3ccccc3)c2=O)=N1. The number of nitrogens with zero attached hydrogens (tertiary/aromatic N) is 3. The Morgan fingerprint density at radius 1 is 0.974 bits per heavy atom. The van der Waals surface area contributed by atoms with E-state index in [9.17, 15) is 9.59 Å². The minimum Gasteiger partial charge on any atom is -0.322 e. The Balaban J connectivity index is 1.49. The Labute approximate surface area is 222 Å². The van der Waals surface area contributed by atoms with Gasteiger partial charge in [0.05, 0.1) is 33.7 Å². The molecule has 0 fully saturated rings. The van der Waals surface area contributed by atoms with Crippen molar-refractivity contribution in [2.24, 2.45) is 4.99 Å². The van der Waals surface area contributed by atoms with E-state index in [1.807, 2.05) is 104 Å². The molecule has 1 amide bonds. The molecule has 0 radical (unpaired) electrons. The van der Waals surface area contributed by atoms with Crippen LogP contribution in [-0.2, 0) is 4.79 Å². The molecule has 0 spiro atoms. The molecule has 1 atom stereocenters. The monoisotopic (exact) mass is 517 g/mol. The number of carbonyl (C=O) groups is 1. The summed E-state index contributed by atoms with van der Waals surface area (Å²) in [5.74, 6) is -0.290. The van der Waals surface area contributed by atoms with Crippen molar-refractivity contribution >= 4 is 29.0 Å². The van der Waals surface area contributed by atoms with Crippen molar-refractivity contribution in [1.29, 1.82) is 0 Å². The number of fused-ring (bicyclic) bond motifs is 1. The van der Waals surface area contributed by atoms with Crippen molar-refractivity contribution in [1.82, 2.24) is 14.8 Å². The summed E-state index contributed by atoms with van der Waals surface area (Å²) < 4.78 is 2.14. The third kappa shape index (κ3) is 4.31. The molecule has 0 saturated heterocycles. The van der Waals surface area contributed by atoms with Crippen molar-refractivity contribution in [3.63, 3.8) is 0 Å². The minimum atomic E-state index is -0.615. The molecule has 8 heteroatoms. The number of aromatic nitrogens is 3. The molecule has 38 heavy (non-hydrogen) atoms. The van der Waals surface area contributed by atoms with Crippen molar-refractivity contribution in [2.75, 3.05) is 5.32 Å². The zero-order valence-electron chi connectivity index (χ0n) is 20.5. The van der Waals surface area contributed by atoms with Crippen LogP contribution >= 0.6 is 11.3 Å². The van der Waals surface area contributed by atoms with Gasteiger partial charge in [-0.15, -0.1) is 0 Å². The maximum atomic E-state index is 13.9. The van der Waals surface area contributed by atoms with Crippen LogP contribution in [0.4, 0.5) is 5.69 Å². The predicted octanol–water partition coefficient (Wildman–Crippen LogP) is 4.26. The van der Waals surface area contributed by atoms with Crippen LogP contribution in [0.1, 0.15) is 24.1 Å². The first-order valence-corrected chi connectivity index (χ1v) is 12.9. The van der Waals surface area contributed by atoms with Gasteiger partial charge in [-0.2, -0.15) is 5.10 Å². The molecule has 1 aliphatic rings. The van der Waals surface area contributed by atoms with E-state index in [1.54, 1.807) is 10.8 Å². The number of rotatable bonds is 5. The van der Waals surface area contributed by atoms with Crippen LogP contribution in [0.15, 0.2) is 118 Å². The van der Waals surface area contributed by atoms with Crippen molar-refractivity contribution in [3.05, 3.63) is 139 Å². The molecule has 2 N–H and O–H groups in total. The molecule has 2 aromatic heterocycles. The molecule has 0 saturated carbocycles. The van der Waals surface area contributed by atoms with Gasteiger partial charge >= 0.3 is 0 Å². The lowest BCUT2D eigenvalue weighted by Gasteiger charge is -2.25. The van der Waals surface area contributed by atoms with E-state index >= 15 is 0 Å². The second-order valence-electron chi connectivity index (χ2n) is 8.88.